The van der Waals surface area contributed by atoms with Crippen LogP contribution < -0.4 is 20.2 Å². The first-order chi connectivity index (χ1) is 15.8. The number of allylic oxidation sites excluding steroid dienone is 1. The maximum absolute atomic E-state index is 12.7. The lowest BCUT2D eigenvalue weighted by Crippen LogP contribution is -2.39. The Morgan fingerprint density at radius 1 is 1.18 bits per heavy atom. The topological polar surface area (TPSA) is 109 Å². The number of hydrogen-bond acceptors (Lipinski definition) is 6. The van der Waals surface area contributed by atoms with Crippen LogP contribution in [0.3, 0.4) is 0 Å². The predicted octanol–water partition coefficient (Wildman–Crippen LogP) is 3.89. The number of phenols is 1. The third kappa shape index (κ3) is 7.10. The van der Waals surface area contributed by atoms with E-state index in [4.69, 9.17) is 9.47 Å². The Morgan fingerprint density at radius 3 is 2.45 bits per heavy atom. The number of methoxy groups -OCH3 is 1. The number of aromatic hydroxyl groups is 1. The number of benzene rings is 2. The Morgan fingerprint density at radius 2 is 1.88 bits per heavy atom. The number of hydrogen-bond donors (Lipinski definition) is 3. The largest absolute Gasteiger partial charge is 0.504 e. The molecule has 0 fully saturated rings. The SMILES string of the molecule is C=CCc1cc(C=NNC(=O)C(C(=O)Nc2ccc(OC)cc2)C(C)C)cc(OCC)c1O. The highest BCUT2D eigenvalue weighted by atomic mass is 16.5. The molecule has 1 unspecified atom stereocenters. The monoisotopic (exact) mass is 453 g/mol. The molecule has 2 aromatic carbocycles. The second-order valence-electron chi connectivity index (χ2n) is 7.63. The Balaban J connectivity index is 2.12. The van der Waals surface area contributed by atoms with E-state index in [1.807, 2.05) is 6.92 Å². The lowest BCUT2D eigenvalue weighted by molar-refractivity contribution is -0.134. The molecule has 0 radical (unpaired) electrons. The molecule has 2 rings (SSSR count). The molecule has 0 saturated carbocycles. The quantitative estimate of drug-likeness (QED) is 0.207. The van der Waals surface area contributed by atoms with Crippen LogP contribution in [0.25, 0.3) is 0 Å². The molecule has 0 spiro atoms. The van der Waals surface area contributed by atoms with Gasteiger partial charge in [0.2, 0.25) is 5.91 Å². The second-order valence-corrected chi connectivity index (χ2v) is 7.63. The molecule has 33 heavy (non-hydrogen) atoms. The molecule has 0 bridgehead atoms. The number of ether oxygens (including phenoxy) is 2. The maximum Gasteiger partial charge on any atom is 0.252 e. The predicted molar refractivity (Wildman–Crippen MR) is 129 cm³/mol. The number of hydrazone groups is 1. The molecule has 0 aliphatic carbocycles. The number of amides is 2. The van der Waals surface area contributed by atoms with Gasteiger partial charge in [0.25, 0.3) is 5.91 Å². The molecule has 1 atom stereocenters. The van der Waals surface area contributed by atoms with E-state index in [1.54, 1.807) is 63.4 Å². The van der Waals surface area contributed by atoms with E-state index in [0.717, 1.165) is 0 Å². The normalized spacial score (nSPS) is 11.8. The third-order valence-corrected chi connectivity index (χ3v) is 4.82. The van der Waals surface area contributed by atoms with E-state index in [-0.39, 0.29) is 11.7 Å². The Hall–Kier alpha value is -3.81. The van der Waals surface area contributed by atoms with Crippen molar-refractivity contribution in [2.45, 2.75) is 27.2 Å². The third-order valence-electron chi connectivity index (χ3n) is 4.82. The van der Waals surface area contributed by atoms with E-state index in [2.05, 4.69) is 22.4 Å². The molecule has 8 nitrogen and oxygen atoms in total. The van der Waals surface area contributed by atoms with Crippen LogP contribution >= 0.6 is 0 Å². The lowest BCUT2D eigenvalue weighted by atomic mass is 9.94. The summed E-state index contributed by atoms with van der Waals surface area (Å²) in [6, 6.07) is 10.2. The second kappa shape index (κ2) is 12.3. The van der Waals surface area contributed by atoms with Crippen LogP contribution in [0, 0.1) is 11.8 Å². The van der Waals surface area contributed by atoms with Crippen LogP contribution in [-0.4, -0.2) is 36.9 Å². The summed E-state index contributed by atoms with van der Waals surface area (Å²) in [6.45, 7) is 9.47. The zero-order valence-electron chi connectivity index (χ0n) is 19.4. The summed E-state index contributed by atoms with van der Waals surface area (Å²) in [5.41, 5.74) is 4.25. The smallest absolute Gasteiger partial charge is 0.252 e. The van der Waals surface area contributed by atoms with Crippen LogP contribution in [0.2, 0.25) is 0 Å². The summed E-state index contributed by atoms with van der Waals surface area (Å²) in [7, 11) is 1.56. The Labute approximate surface area is 194 Å². The van der Waals surface area contributed by atoms with Gasteiger partial charge in [0, 0.05) is 11.3 Å². The fourth-order valence-corrected chi connectivity index (χ4v) is 3.20. The fraction of sp³-hybridized carbons (Fsp3) is 0.320. The Kier molecular flexibility index (Phi) is 9.47. The van der Waals surface area contributed by atoms with Crippen LogP contribution in [0.15, 0.2) is 54.2 Å². The maximum atomic E-state index is 12.7. The minimum Gasteiger partial charge on any atom is -0.504 e. The van der Waals surface area contributed by atoms with Crippen molar-refractivity contribution in [1.82, 2.24) is 5.43 Å². The lowest BCUT2D eigenvalue weighted by Gasteiger charge is -2.18. The molecule has 0 saturated heterocycles. The minimum absolute atomic E-state index is 0.0491. The van der Waals surface area contributed by atoms with E-state index in [9.17, 15) is 14.7 Å². The van der Waals surface area contributed by atoms with Crippen molar-refractivity contribution in [1.29, 1.82) is 0 Å². The summed E-state index contributed by atoms with van der Waals surface area (Å²) >= 11 is 0. The summed E-state index contributed by atoms with van der Waals surface area (Å²) in [4.78, 5) is 25.5. The van der Waals surface area contributed by atoms with Crippen molar-refractivity contribution in [2.75, 3.05) is 19.0 Å². The van der Waals surface area contributed by atoms with Crippen LogP contribution in [0.1, 0.15) is 31.9 Å². The van der Waals surface area contributed by atoms with Gasteiger partial charge >= 0.3 is 0 Å². The molecule has 0 aliphatic heterocycles. The number of rotatable bonds is 11. The highest BCUT2D eigenvalue weighted by molar-refractivity contribution is 6.06. The van der Waals surface area contributed by atoms with E-state index in [1.165, 1.54) is 6.21 Å². The molecule has 2 aromatic rings. The number of nitrogens with zero attached hydrogens (tertiary/aromatic N) is 1. The molecule has 3 N–H and O–H groups in total. The summed E-state index contributed by atoms with van der Waals surface area (Å²) in [6.07, 6.45) is 3.55. The molecule has 176 valence electrons. The molecule has 8 heteroatoms. The molecule has 0 aliphatic rings. The van der Waals surface area contributed by atoms with Gasteiger partial charge in [-0.25, -0.2) is 5.43 Å². The van der Waals surface area contributed by atoms with Gasteiger partial charge in [0.05, 0.1) is 19.9 Å². The number of carbonyl (C=O) groups excluding carboxylic acids is 2. The van der Waals surface area contributed by atoms with Crippen LogP contribution in [0.4, 0.5) is 5.69 Å². The number of phenolic OH excluding ortho intramolecular Hbond substituents is 1. The van der Waals surface area contributed by atoms with Crippen molar-refractivity contribution in [2.24, 2.45) is 16.9 Å². The Bertz CT molecular complexity index is 1000. The summed E-state index contributed by atoms with van der Waals surface area (Å²) in [5.74, 6) is -1.12. The van der Waals surface area contributed by atoms with Crippen molar-refractivity contribution >= 4 is 23.7 Å². The first-order valence-electron chi connectivity index (χ1n) is 10.7. The molecule has 0 aromatic heterocycles. The zero-order chi connectivity index (χ0) is 24.4. The van der Waals surface area contributed by atoms with Crippen molar-refractivity contribution in [3.8, 4) is 17.2 Å². The van der Waals surface area contributed by atoms with Gasteiger partial charge in [0.15, 0.2) is 11.5 Å². The average Bonchev–Trinajstić information content (AvgIpc) is 2.77. The van der Waals surface area contributed by atoms with Gasteiger partial charge in [-0.3, -0.25) is 9.59 Å². The van der Waals surface area contributed by atoms with Gasteiger partial charge < -0.3 is 19.9 Å². The molecule has 2 amide bonds. The highest BCUT2D eigenvalue weighted by Crippen LogP contribution is 2.32. The van der Waals surface area contributed by atoms with Crippen molar-refractivity contribution in [3.05, 3.63) is 60.2 Å². The van der Waals surface area contributed by atoms with Crippen LogP contribution in [0.5, 0.6) is 17.2 Å². The summed E-state index contributed by atoms with van der Waals surface area (Å²) < 4.78 is 10.6. The van der Waals surface area contributed by atoms with Gasteiger partial charge in [-0.15, -0.1) is 6.58 Å². The van der Waals surface area contributed by atoms with Gasteiger partial charge in [-0.05, 0) is 61.2 Å². The van der Waals surface area contributed by atoms with Gasteiger partial charge in [0.1, 0.15) is 11.7 Å². The zero-order valence-corrected chi connectivity index (χ0v) is 19.4. The fourth-order valence-electron chi connectivity index (χ4n) is 3.20. The minimum atomic E-state index is -0.945. The van der Waals surface area contributed by atoms with E-state index in [0.29, 0.717) is 41.3 Å². The van der Waals surface area contributed by atoms with Crippen LogP contribution in [-0.2, 0) is 16.0 Å². The molecular formula is C25H31N3O5. The first kappa shape index (κ1) is 25.5. The van der Waals surface area contributed by atoms with E-state index >= 15 is 0 Å². The van der Waals surface area contributed by atoms with Crippen molar-refractivity contribution < 1.29 is 24.2 Å². The highest BCUT2D eigenvalue weighted by Gasteiger charge is 2.30. The first-order valence-corrected chi connectivity index (χ1v) is 10.7. The molecular weight excluding hydrogens is 422 g/mol. The molecule has 0 heterocycles. The summed E-state index contributed by atoms with van der Waals surface area (Å²) in [5, 5.41) is 17.1. The number of anilines is 1. The van der Waals surface area contributed by atoms with Crippen molar-refractivity contribution in [3.63, 3.8) is 0 Å². The van der Waals surface area contributed by atoms with Gasteiger partial charge in [-0.2, -0.15) is 5.10 Å². The number of nitrogens with one attached hydrogen (secondary N) is 2. The average molecular weight is 454 g/mol. The van der Waals surface area contributed by atoms with E-state index < -0.39 is 17.7 Å². The van der Waals surface area contributed by atoms with Gasteiger partial charge in [-0.1, -0.05) is 19.9 Å². The number of carbonyl (C=O) groups is 2. The standard InChI is InChI=1S/C25H31N3O5/c1-6-8-18-13-17(14-21(23(18)29)33-7-2)15-26-28-25(31)22(16(3)4)24(30)27-19-9-11-20(32-5)12-10-19/h6,9-16,22,29H,1,7-8H2,2-5H3,(H,27,30)(H,28,31).